The maximum Gasteiger partial charge on any atom is 0.0348 e. The molecule has 0 N–H and O–H groups in total. The Bertz CT molecular complexity index is 390. The lowest BCUT2D eigenvalue weighted by Gasteiger charge is -2.24. The molecule has 0 spiro atoms. The highest BCUT2D eigenvalue weighted by Crippen LogP contribution is 2.36. The molecule has 0 amide bonds. The number of allylic oxidation sites excluding steroid dienone is 2. The Labute approximate surface area is 98.8 Å². The zero-order valence-corrected chi connectivity index (χ0v) is 10.5. The van der Waals surface area contributed by atoms with Gasteiger partial charge in [0.1, 0.15) is 0 Å². The number of nitrogens with zero attached hydrogens (tertiary/aromatic N) is 1. The molecule has 1 aliphatic rings. The Morgan fingerprint density at radius 1 is 1.25 bits per heavy atom. The average molecular weight is 215 g/mol. The number of hydrogen-bond acceptors (Lipinski definition) is 1. The van der Waals surface area contributed by atoms with E-state index in [1.54, 1.807) is 0 Å². The first-order chi connectivity index (χ1) is 7.74. The Morgan fingerprint density at radius 2 is 2.00 bits per heavy atom. The zero-order chi connectivity index (χ0) is 11.5. The van der Waals surface area contributed by atoms with Crippen LogP contribution in [0.3, 0.4) is 0 Å². The molecule has 1 nitrogen and oxygen atoms in total. The van der Waals surface area contributed by atoms with E-state index in [0.29, 0.717) is 6.04 Å². The first-order valence-corrected chi connectivity index (χ1v) is 6.15. The number of hydrogen-bond donors (Lipinski definition) is 0. The van der Waals surface area contributed by atoms with Gasteiger partial charge >= 0.3 is 0 Å². The summed E-state index contributed by atoms with van der Waals surface area (Å²) in [6, 6.07) is 9.45. The third-order valence-electron chi connectivity index (χ3n) is 3.56. The molecule has 0 heterocycles. The van der Waals surface area contributed by atoms with Gasteiger partial charge in [-0.3, -0.25) is 0 Å². The van der Waals surface area contributed by atoms with Crippen LogP contribution in [-0.2, 0) is 0 Å². The minimum absolute atomic E-state index is 0.577. The van der Waals surface area contributed by atoms with Crippen molar-refractivity contribution >= 4 is 5.57 Å². The minimum Gasteiger partial charge on any atom is -0.302 e. The lowest BCUT2D eigenvalue weighted by molar-refractivity contribution is 0.282. The summed E-state index contributed by atoms with van der Waals surface area (Å²) in [6.45, 7) is 2.15. The van der Waals surface area contributed by atoms with Crippen LogP contribution in [0.2, 0.25) is 0 Å². The van der Waals surface area contributed by atoms with Crippen molar-refractivity contribution in [3.05, 3.63) is 41.5 Å². The lowest BCUT2D eigenvalue weighted by atomic mass is 9.96. The van der Waals surface area contributed by atoms with Crippen LogP contribution in [0.25, 0.3) is 5.57 Å². The molecular formula is C15H21N. The summed E-state index contributed by atoms with van der Waals surface area (Å²) in [5, 5.41) is 0. The van der Waals surface area contributed by atoms with Crippen molar-refractivity contribution in [2.75, 3.05) is 14.1 Å². The molecular weight excluding hydrogens is 194 g/mol. The predicted octanol–water partition coefficient (Wildman–Crippen LogP) is 3.88. The molecule has 86 valence electrons. The predicted molar refractivity (Wildman–Crippen MR) is 70.4 cm³/mol. The van der Waals surface area contributed by atoms with E-state index >= 15 is 0 Å². The largest absolute Gasteiger partial charge is 0.302 e. The number of benzene rings is 1. The third kappa shape index (κ3) is 2.05. The molecule has 0 bridgehead atoms. The van der Waals surface area contributed by atoms with Crippen LogP contribution in [0, 0.1) is 0 Å². The average Bonchev–Trinajstić information content (AvgIpc) is 2.47. The first kappa shape index (κ1) is 11.4. The molecule has 1 unspecified atom stereocenters. The fourth-order valence-corrected chi connectivity index (χ4v) is 2.69. The SMILES string of the molecule is C/C=C1/CCCC(N(C)C)c2ccccc21. The van der Waals surface area contributed by atoms with Crippen LogP contribution >= 0.6 is 0 Å². The molecule has 1 aromatic carbocycles. The van der Waals surface area contributed by atoms with Crippen molar-refractivity contribution in [3.8, 4) is 0 Å². The van der Waals surface area contributed by atoms with Gasteiger partial charge in [-0.1, -0.05) is 30.3 Å². The van der Waals surface area contributed by atoms with E-state index in [4.69, 9.17) is 0 Å². The van der Waals surface area contributed by atoms with Gasteiger partial charge in [0, 0.05) is 6.04 Å². The van der Waals surface area contributed by atoms with E-state index in [0.717, 1.165) is 0 Å². The molecule has 16 heavy (non-hydrogen) atoms. The monoisotopic (exact) mass is 215 g/mol. The molecule has 1 atom stereocenters. The first-order valence-electron chi connectivity index (χ1n) is 6.15. The van der Waals surface area contributed by atoms with Crippen LogP contribution in [-0.4, -0.2) is 19.0 Å². The molecule has 0 fully saturated rings. The van der Waals surface area contributed by atoms with Crippen molar-refractivity contribution in [2.24, 2.45) is 0 Å². The fraction of sp³-hybridized carbons (Fsp3) is 0.467. The molecule has 0 saturated carbocycles. The summed E-state index contributed by atoms with van der Waals surface area (Å²) < 4.78 is 0. The van der Waals surface area contributed by atoms with Crippen LogP contribution in [0.5, 0.6) is 0 Å². The topological polar surface area (TPSA) is 3.24 Å². The van der Waals surface area contributed by atoms with E-state index < -0.39 is 0 Å². The van der Waals surface area contributed by atoms with E-state index in [2.05, 4.69) is 56.3 Å². The van der Waals surface area contributed by atoms with Gasteiger partial charge in [0.05, 0.1) is 0 Å². The Hall–Kier alpha value is -1.08. The number of rotatable bonds is 1. The maximum absolute atomic E-state index is 2.34. The van der Waals surface area contributed by atoms with Crippen molar-refractivity contribution in [2.45, 2.75) is 32.2 Å². The smallest absolute Gasteiger partial charge is 0.0348 e. The molecule has 0 aliphatic heterocycles. The molecule has 0 radical (unpaired) electrons. The standard InChI is InChI=1S/C15H21N/c1-4-12-8-7-11-15(16(2)3)14-10-6-5-9-13(12)14/h4-6,9-10,15H,7-8,11H2,1-3H3/b12-4-. The van der Waals surface area contributed by atoms with E-state index in [1.807, 2.05) is 0 Å². The summed E-state index contributed by atoms with van der Waals surface area (Å²) in [4.78, 5) is 2.34. The fourth-order valence-electron chi connectivity index (χ4n) is 2.69. The highest BCUT2D eigenvalue weighted by atomic mass is 15.1. The second-order valence-electron chi connectivity index (χ2n) is 4.77. The Morgan fingerprint density at radius 3 is 2.69 bits per heavy atom. The lowest BCUT2D eigenvalue weighted by Crippen LogP contribution is -2.19. The molecule has 0 aromatic heterocycles. The number of fused-ring (bicyclic) bond motifs is 1. The zero-order valence-electron chi connectivity index (χ0n) is 10.5. The Kier molecular flexibility index (Phi) is 3.45. The van der Waals surface area contributed by atoms with Crippen molar-refractivity contribution in [1.29, 1.82) is 0 Å². The van der Waals surface area contributed by atoms with E-state index in [-0.39, 0.29) is 0 Å². The molecule has 1 aliphatic carbocycles. The summed E-state index contributed by atoms with van der Waals surface area (Å²) in [7, 11) is 4.37. The summed E-state index contributed by atoms with van der Waals surface area (Å²) in [5.74, 6) is 0. The van der Waals surface area contributed by atoms with Gasteiger partial charge < -0.3 is 4.90 Å². The summed E-state index contributed by atoms with van der Waals surface area (Å²) in [5.41, 5.74) is 4.47. The maximum atomic E-state index is 2.34. The summed E-state index contributed by atoms with van der Waals surface area (Å²) in [6.07, 6.45) is 6.05. The van der Waals surface area contributed by atoms with E-state index in [1.165, 1.54) is 36.0 Å². The van der Waals surface area contributed by atoms with Crippen LogP contribution < -0.4 is 0 Å². The second kappa shape index (κ2) is 4.84. The molecule has 1 heteroatoms. The summed E-state index contributed by atoms with van der Waals surface area (Å²) >= 11 is 0. The van der Waals surface area contributed by atoms with Crippen LogP contribution in [0.1, 0.15) is 43.4 Å². The van der Waals surface area contributed by atoms with Gasteiger partial charge in [-0.2, -0.15) is 0 Å². The minimum atomic E-state index is 0.577. The van der Waals surface area contributed by atoms with Crippen LogP contribution in [0.15, 0.2) is 30.3 Å². The molecule has 1 aromatic rings. The molecule has 2 rings (SSSR count). The Balaban J connectivity index is 2.50. The van der Waals surface area contributed by atoms with Gasteiger partial charge in [0.25, 0.3) is 0 Å². The third-order valence-corrected chi connectivity index (χ3v) is 3.56. The van der Waals surface area contributed by atoms with Gasteiger partial charge in [-0.05, 0) is 57.0 Å². The highest BCUT2D eigenvalue weighted by Gasteiger charge is 2.21. The van der Waals surface area contributed by atoms with Crippen LogP contribution in [0.4, 0.5) is 0 Å². The second-order valence-corrected chi connectivity index (χ2v) is 4.77. The van der Waals surface area contributed by atoms with Crippen molar-refractivity contribution in [1.82, 2.24) is 4.90 Å². The van der Waals surface area contributed by atoms with Gasteiger partial charge in [-0.15, -0.1) is 0 Å². The van der Waals surface area contributed by atoms with Crippen molar-refractivity contribution < 1.29 is 0 Å². The van der Waals surface area contributed by atoms with Gasteiger partial charge in [0.15, 0.2) is 0 Å². The normalized spacial score (nSPS) is 23.2. The quantitative estimate of drug-likeness (QED) is 0.643. The molecule has 0 saturated heterocycles. The highest BCUT2D eigenvalue weighted by molar-refractivity contribution is 5.69. The van der Waals surface area contributed by atoms with Gasteiger partial charge in [0.2, 0.25) is 0 Å². The van der Waals surface area contributed by atoms with E-state index in [9.17, 15) is 0 Å². The van der Waals surface area contributed by atoms with Crippen molar-refractivity contribution in [3.63, 3.8) is 0 Å². The van der Waals surface area contributed by atoms with Gasteiger partial charge in [-0.25, -0.2) is 0 Å².